The lowest BCUT2D eigenvalue weighted by molar-refractivity contribution is -0.384. The molecule has 1 N–H and O–H groups in total. The zero-order chi connectivity index (χ0) is 14.8. The van der Waals surface area contributed by atoms with Gasteiger partial charge in [0.05, 0.1) is 24.7 Å². The molecular weight excluding hydrogens is 260 g/mol. The predicted molar refractivity (Wildman–Crippen MR) is 78.0 cm³/mol. The summed E-state index contributed by atoms with van der Waals surface area (Å²) in [5.41, 5.74) is 1.40. The summed E-state index contributed by atoms with van der Waals surface area (Å²) in [5.74, 6) is 0. The molecule has 0 saturated heterocycles. The highest BCUT2D eigenvalue weighted by Crippen LogP contribution is 2.28. The van der Waals surface area contributed by atoms with Crippen LogP contribution in [-0.4, -0.2) is 31.3 Å². The smallest absolute Gasteiger partial charge is 0.292 e. The number of nitrogens with zero attached hydrogens (tertiary/aromatic N) is 1. The molecular formula is C14H22N2O4. The average molecular weight is 282 g/mol. The summed E-state index contributed by atoms with van der Waals surface area (Å²) >= 11 is 0. The van der Waals surface area contributed by atoms with Crippen LogP contribution < -0.4 is 5.32 Å². The van der Waals surface area contributed by atoms with Crippen LogP contribution in [-0.2, 0) is 16.1 Å². The minimum Gasteiger partial charge on any atom is -0.379 e. The van der Waals surface area contributed by atoms with Crippen molar-refractivity contribution in [2.75, 3.05) is 31.7 Å². The number of rotatable bonds is 10. The molecule has 0 aromatic heterocycles. The van der Waals surface area contributed by atoms with Crippen LogP contribution in [0.3, 0.4) is 0 Å². The second-order valence-corrected chi connectivity index (χ2v) is 4.26. The van der Waals surface area contributed by atoms with E-state index in [1.54, 1.807) is 6.07 Å². The molecule has 20 heavy (non-hydrogen) atoms. The van der Waals surface area contributed by atoms with Crippen LogP contribution in [0, 0.1) is 10.1 Å². The third-order valence-corrected chi connectivity index (χ3v) is 2.66. The van der Waals surface area contributed by atoms with Gasteiger partial charge in [-0.1, -0.05) is 19.1 Å². The lowest BCUT2D eigenvalue weighted by Crippen LogP contribution is -2.08. The van der Waals surface area contributed by atoms with Crippen molar-refractivity contribution in [3.05, 3.63) is 33.9 Å². The van der Waals surface area contributed by atoms with Gasteiger partial charge in [0.2, 0.25) is 0 Å². The summed E-state index contributed by atoms with van der Waals surface area (Å²) in [6.07, 6.45) is 0.982. The molecule has 0 heterocycles. The fraction of sp³-hybridized carbons (Fsp3) is 0.571. The number of ether oxygens (including phenoxy) is 2. The van der Waals surface area contributed by atoms with E-state index < -0.39 is 0 Å². The first-order chi connectivity index (χ1) is 9.70. The van der Waals surface area contributed by atoms with Gasteiger partial charge in [0.15, 0.2) is 0 Å². The van der Waals surface area contributed by atoms with Crippen LogP contribution in [0.5, 0.6) is 0 Å². The van der Waals surface area contributed by atoms with E-state index >= 15 is 0 Å². The van der Waals surface area contributed by atoms with Gasteiger partial charge < -0.3 is 14.8 Å². The van der Waals surface area contributed by atoms with E-state index in [4.69, 9.17) is 9.47 Å². The van der Waals surface area contributed by atoms with Crippen molar-refractivity contribution in [2.24, 2.45) is 0 Å². The molecule has 0 radical (unpaired) electrons. The molecule has 0 saturated carbocycles. The third kappa shape index (κ3) is 5.14. The van der Waals surface area contributed by atoms with Gasteiger partial charge in [-0.05, 0) is 13.3 Å². The molecule has 0 amide bonds. The molecule has 6 nitrogen and oxygen atoms in total. The lowest BCUT2D eigenvalue weighted by atomic mass is 10.1. The van der Waals surface area contributed by atoms with Crippen LogP contribution in [0.15, 0.2) is 18.2 Å². The fourth-order valence-electron chi connectivity index (χ4n) is 1.79. The Morgan fingerprint density at radius 3 is 2.60 bits per heavy atom. The number of para-hydroxylation sites is 1. The molecule has 0 atom stereocenters. The minimum atomic E-state index is -0.383. The Kier molecular flexibility index (Phi) is 7.60. The van der Waals surface area contributed by atoms with Crippen molar-refractivity contribution in [3.63, 3.8) is 0 Å². The van der Waals surface area contributed by atoms with Crippen molar-refractivity contribution in [2.45, 2.75) is 26.9 Å². The Morgan fingerprint density at radius 1 is 1.20 bits per heavy atom. The maximum atomic E-state index is 11.0. The molecule has 0 fully saturated rings. The fourth-order valence-corrected chi connectivity index (χ4v) is 1.79. The van der Waals surface area contributed by atoms with Gasteiger partial charge in [-0.3, -0.25) is 10.1 Å². The highest BCUT2D eigenvalue weighted by Gasteiger charge is 2.16. The van der Waals surface area contributed by atoms with Gasteiger partial charge in [0, 0.05) is 24.8 Å². The van der Waals surface area contributed by atoms with Gasteiger partial charge in [-0.25, -0.2) is 0 Å². The number of nitro benzene ring substituents is 1. The summed E-state index contributed by atoms with van der Waals surface area (Å²) in [5, 5.41) is 14.0. The Balaban J connectivity index is 2.60. The van der Waals surface area contributed by atoms with Crippen molar-refractivity contribution < 1.29 is 14.4 Å². The van der Waals surface area contributed by atoms with Crippen LogP contribution in [0.25, 0.3) is 0 Å². The number of hydrogen-bond acceptors (Lipinski definition) is 5. The molecule has 0 unspecified atom stereocenters. The van der Waals surface area contributed by atoms with Gasteiger partial charge in [-0.15, -0.1) is 0 Å². The summed E-state index contributed by atoms with van der Waals surface area (Å²) in [6.45, 7) is 6.65. The molecule has 6 heteroatoms. The van der Waals surface area contributed by atoms with E-state index in [1.165, 1.54) is 6.07 Å². The first-order valence-electron chi connectivity index (χ1n) is 6.86. The highest BCUT2D eigenvalue weighted by atomic mass is 16.6. The zero-order valence-corrected chi connectivity index (χ0v) is 12.1. The standard InChI is InChI=1S/C14H22N2O4/c1-3-8-19-9-10-20-11-12-6-5-7-13(16(17)18)14(12)15-4-2/h5-7,15H,3-4,8-11H2,1-2H3. The molecule has 0 aliphatic carbocycles. The normalized spacial score (nSPS) is 10.5. The number of anilines is 1. The predicted octanol–water partition coefficient (Wildman–Crippen LogP) is 2.97. The second kappa shape index (κ2) is 9.28. The number of nitrogens with one attached hydrogen (secondary N) is 1. The van der Waals surface area contributed by atoms with E-state index in [0.717, 1.165) is 18.6 Å². The third-order valence-electron chi connectivity index (χ3n) is 2.66. The molecule has 0 aliphatic heterocycles. The Hall–Kier alpha value is -1.66. The van der Waals surface area contributed by atoms with Gasteiger partial charge >= 0.3 is 0 Å². The van der Waals surface area contributed by atoms with Crippen LogP contribution in [0.4, 0.5) is 11.4 Å². The summed E-state index contributed by atoms with van der Waals surface area (Å²) in [7, 11) is 0. The van der Waals surface area contributed by atoms with Gasteiger partial charge in [0.25, 0.3) is 5.69 Å². The molecule has 1 aromatic rings. The van der Waals surface area contributed by atoms with Crippen molar-refractivity contribution >= 4 is 11.4 Å². The monoisotopic (exact) mass is 282 g/mol. The summed E-state index contributed by atoms with van der Waals surface area (Å²) in [4.78, 5) is 10.6. The van der Waals surface area contributed by atoms with Crippen molar-refractivity contribution in [3.8, 4) is 0 Å². The number of nitro groups is 1. The molecule has 0 bridgehead atoms. The van der Waals surface area contributed by atoms with Gasteiger partial charge in [-0.2, -0.15) is 0 Å². The molecule has 0 aliphatic rings. The quantitative estimate of drug-likeness (QED) is 0.406. The van der Waals surface area contributed by atoms with E-state index in [-0.39, 0.29) is 10.6 Å². The Labute approximate surface area is 119 Å². The Morgan fingerprint density at radius 2 is 1.95 bits per heavy atom. The molecule has 1 aromatic carbocycles. The number of benzene rings is 1. The summed E-state index contributed by atoms with van der Waals surface area (Å²) in [6, 6.07) is 5.00. The minimum absolute atomic E-state index is 0.0789. The maximum absolute atomic E-state index is 11.0. The topological polar surface area (TPSA) is 73.6 Å². The van der Waals surface area contributed by atoms with E-state index in [0.29, 0.717) is 32.1 Å². The van der Waals surface area contributed by atoms with E-state index in [2.05, 4.69) is 5.32 Å². The van der Waals surface area contributed by atoms with E-state index in [9.17, 15) is 10.1 Å². The van der Waals surface area contributed by atoms with E-state index in [1.807, 2.05) is 19.9 Å². The van der Waals surface area contributed by atoms with Gasteiger partial charge in [0.1, 0.15) is 5.69 Å². The lowest BCUT2D eigenvalue weighted by Gasteiger charge is -2.11. The van der Waals surface area contributed by atoms with Crippen LogP contribution in [0.1, 0.15) is 25.8 Å². The maximum Gasteiger partial charge on any atom is 0.292 e. The first kappa shape index (κ1) is 16.4. The number of hydrogen-bond donors (Lipinski definition) is 1. The second-order valence-electron chi connectivity index (χ2n) is 4.26. The molecule has 0 spiro atoms. The van der Waals surface area contributed by atoms with Crippen molar-refractivity contribution in [1.82, 2.24) is 0 Å². The summed E-state index contributed by atoms with van der Waals surface area (Å²) < 4.78 is 10.8. The Bertz CT molecular complexity index is 424. The zero-order valence-electron chi connectivity index (χ0n) is 12.1. The van der Waals surface area contributed by atoms with Crippen LogP contribution in [0.2, 0.25) is 0 Å². The molecule has 1 rings (SSSR count). The first-order valence-corrected chi connectivity index (χ1v) is 6.86. The molecule has 112 valence electrons. The SMILES string of the molecule is CCCOCCOCc1cccc([N+](=O)[O-])c1NCC. The highest BCUT2D eigenvalue weighted by molar-refractivity contribution is 5.66. The van der Waals surface area contributed by atoms with Crippen molar-refractivity contribution in [1.29, 1.82) is 0 Å². The van der Waals surface area contributed by atoms with Crippen LogP contribution >= 0.6 is 0 Å². The average Bonchev–Trinajstić information content (AvgIpc) is 2.44. The largest absolute Gasteiger partial charge is 0.379 e.